The number of rotatable bonds is 9. The van der Waals surface area contributed by atoms with Crippen molar-refractivity contribution >= 4 is 36.1 Å². The van der Waals surface area contributed by atoms with E-state index >= 15 is 0 Å². The van der Waals surface area contributed by atoms with E-state index in [1.807, 2.05) is 4.72 Å². The highest BCUT2D eigenvalue weighted by Crippen LogP contribution is 2.65. The second kappa shape index (κ2) is 9.55. The van der Waals surface area contributed by atoms with Crippen LogP contribution in [0.5, 0.6) is 0 Å². The van der Waals surface area contributed by atoms with Gasteiger partial charge < -0.3 is 18.9 Å². The molecule has 0 aromatic heterocycles. The second-order valence-electron chi connectivity index (χ2n) is 9.14. The Bertz CT molecular complexity index is 1080. The zero-order valence-corrected chi connectivity index (χ0v) is 22.7. The summed E-state index contributed by atoms with van der Waals surface area (Å²) in [6, 6.07) is 8.38. The summed E-state index contributed by atoms with van der Waals surface area (Å²) in [5.74, 6) is -1.82. The van der Waals surface area contributed by atoms with Gasteiger partial charge in [0.15, 0.2) is 6.10 Å². The number of methoxy groups -OCH3 is 2. The van der Waals surface area contributed by atoms with Crippen molar-refractivity contribution in [1.29, 1.82) is 0 Å². The molecule has 1 aromatic rings. The van der Waals surface area contributed by atoms with Gasteiger partial charge in [0.2, 0.25) is 5.41 Å². The zero-order chi connectivity index (χ0) is 26.2. The van der Waals surface area contributed by atoms with E-state index in [1.165, 1.54) is 12.1 Å². The van der Waals surface area contributed by atoms with Gasteiger partial charge in [-0.3, -0.25) is 9.59 Å². The molecule has 1 saturated heterocycles. The smallest absolute Gasteiger partial charge is 0.421 e. The molecule has 1 saturated carbocycles. The second-order valence-corrected chi connectivity index (χ2v) is 16.4. The number of nitrogens with one attached hydrogen (secondary N) is 1. The van der Waals surface area contributed by atoms with E-state index in [1.54, 1.807) is 19.1 Å². The fourth-order valence-electron chi connectivity index (χ4n) is 5.69. The highest BCUT2D eigenvalue weighted by molar-refractivity contribution is 7.90. The van der Waals surface area contributed by atoms with E-state index in [9.17, 15) is 22.8 Å². The number of aryl methyl sites for hydroxylation is 1. The standard InChI is InChI=1S/C23H33NO9SSi/c1-7-35(8-2,9-3)23-14-22(19(25)30-5,20(26)31-6)17(18(23)33-23)32-21(27)24-34(28,29)16-12-10-15(4)11-13-16/h10-13,17-18H,7-9,14H2,1-6H3,(H,24,27)/t17-,18-,23-/m1/s1. The Labute approximate surface area is 206 Å². The van der Waals surface area contributed by atoms with Gasteiger partial charge in [-0.15, -0.1) is 0 Å². The Morgan fingerprint density at radius 3 is 2.00 bits per heavy atom. The lowest BCUT2D eigenvalue weighted by molar-refractivity contribution is -0.179. The van der Waals surface area contributed by atoms with Gasteiger partial charge in [-0.05, 0) is 19.1 Å². The first-order chi connectivity index (χ1) is 16.4. The van der Waals surface area contributed by atoms with Crippen LogP contribution in [0.2, 0.25) is 18.1 Å². The lowest BCUT2D eigenvalue weighted by atomic mass is 9.83. The third-order valence-corrected chi connectivity index (χ3v) is 15.6. The molecule has 0 bridgehead atoms. The van der Waals surface area contributed by atoms with Crippen molar-refractivity contribution in [2.45, 2.75) is 74.6 Å². The van der Waals surface area contributed by atoms with Gasteiger partial charge in [-0.2, -0.15) is 0 Å². The summed E-state index contributed by atoms with van der Waals surface area (Å²) in [5, 5.41) is -0.797. The number of amides is 1. The molecule has 194 valence electrons. The third-order valence-electron chi connectivity index (χ3n) is 7.85. The molecule has 1 aliphatic carbocycles. The Hall–Kier alpha value is -2.44. The van der Waals surface area contributed by atoms with Crippen molar-refractivity contribution < 1.29 is 41.7 Å². The normalized spacial score (nSPS) is 24.7. The molecule has 3 atom stereocenters. The summed E-state index contributed by atoms with van der Waals surface area (Å²) in [4.78, 5) is 38.8. The van der Waals surface area contributed by atoms with E-state index in [-0.39, 0.29) is 11.3 Å². The lowest BCUT2D eigenvalue weighted by Crippen LogP contribution is -2.54. The summed E-state index contributed by atoms with van der Waals surface area (Å²) in [5.41, 5.74) is -1.12. The van der Waals surface area contributed by atoms with Gasteiger partial charge in [0.05, 0.1) is 32.4 Å². The van der Waals surface area contributed by atoms with E-state index in [4.69, 9.17) is 18.9 Å². The van der Waals surface area contributed by atoms with Crippen molar-refractivity contribution in [2.75, 3.05) is 14.2 Å². The average Bonchev–Trinajstić information content (AvgIpc) is 3.49. The average molecular weight is 528 g/mol. The zero-order valence-electron chi connectivity index (χ0n) is 20.9. The number of esters is 2. The maximum absolute atomic E-state index is 13.1. The number of carbonyl (C=O) groups excluding carboxylic acids is 3. The number of carbonyl (C=O) groups is 3. The Kier molecular flexibility index (Phi) is 7.41. The molecule has 35 heavy (non-hydrogen) atoms. The third kappa shape index (κ3) is 4.14. The lowest BCUT2D eigenvalue weighted by Gasteiger charge is -2.36. The molecule has 1 N–H and O–H groups in total. The van der Waals surface area contributed by atoms with Crippen LogP contribution in [0.1, 0.15) is 32.8 Å². The van der Waals surface area contributed by atoms with Gasteiger partial charge in [-0.1, -0.05) is 56.6 Å². The fraction of sp³-hybridized carbons (Fsp3) is 0.609. The minimum absolute atomic E-state index is 0.0472. The van der Waals surface area contributed by atoms with Gasteiger partial charge in [0, 0.05) is 6.42 Å². The van der Waals surface area contributed by atoms with E-state index in [0.29, 0.717) is 0 Å². The number of hydrogen-bond acceptors (Lipinski definition) is 9. The molecule has 0 unspecified atom stereocenters. The molecule has 1 aromatic carbocycles. The van der Waals surface area contributed by atoms with Crippen molar-refractivity contribution in [3.63, 3.8) is 0 Å². The predicted octanol–water partition coefficient (Wildman–Crippen LogP) is 2.70. The topological polar surface area (TPSA) is 138 Å². The number of hydrogen-bond donors (Lipinski definition) is 1. The molecule has 1 aliphatic heterocycles. The van der Waals surface area contributed by atoms with E-state index in [0.717, 1.165) is 37.9 Å². The van der Waals surface area contributed by atoms with Crippen LogP contribution in [-0.2, 0) is 38.6 Å². The van der Waals surface area contributed by atoms with Crippen molar-refractivity contribution in [3.05, 3.63) is 29.8 Å². The number of epoxide rings is 1. The van der Waals surface area contributed by atoms with Crippen LogP contribution in [0.4, 0.5) is 4.79 Å². The SMILES string of the molecule is CC[Si](CC)(CC)[C@]12CC(C(=O)OC)(C(=O)OC)[C@H](OC(=O)NS(=O)(=O)c3ccc(C)cc3)[C@H]1O2. The summed E-state index contributed by atoms with van der Waals surface area (Å²) in [6.45, 7) is 7.96. The van der Waals surface area contributed by atoms with Gasteiger partial charge in [0.1, 0.15) is 6.10 Å². The first-order valence-electron chi connectivity index (χ1n) is 11.6. The largest absolute Gasteiger partial charge is 0.468 e. The van der Waals surface area contributed by atoms with E-state index < -0.39 is 59.0 Å². The highest BCUT2D eigenvalue weighted by atomic mass is 32.2. The molecule has 1 heterocycles. The summed E-state index contributed by atoms with van der Waals surface area (Å²) >= 11 is 0. The molecule has 2 aliphatic rings. The first kappa shape index (κ1) is 27.1. The minimum atomic E-state index is -4.26. The van der Waals surface area contributed by atoms with Crippen LogP contribution < -0.4 is 4.72 Å². The van der Waals surface area contributed by atoms with E-state index in [2.05, 4.69) is 20.8 Å². The Balaban J connectivity index is 1.99. The number of fused-ring (bicyclic) bond motifs is 1. The summed E-state index contributed by atoms with van der Waals surface area (Å²) in [7, 11) is -4.20. The van der Waals surface area contributed by atoms with Crippen LogP contribution in [0.3, 0.4) is 0 Å². The van der Waals surface area contributed by atoms with Crippen LogP contribution in [0.15, 0.2) is 29.2 Å². The number of ether oxygens (including phenoxy) is 4. The maximum Gasteiger partial charge on any atom is 0.421 e. The highest BCUT2D eigenvalue weighted by Gasteiger charge is 2.84. The maximum atomic E-state index is 13.1. The monoisotopic (exact) mass is 527 g/mol. The van der Waals surface area contributed by atoms with Crippen LogP contribution in [0, 0.1) is 12.3 Å². The Morgan fingerprint density at radius 2 is 1.54 bits per heavy atom. The minimum Gasteiger partial charge on any atom is -0.468 e. The molecule has 10 nitrogen and oxygen atoms in total. The number of benzene rings is 1. The van der Waals surface area contributed by atoms with Crippen molar-refractivity contribution in [2.24, 2.45) is 5.41 Å². The number of sulfonamides is 1. The quantitative estimate of drug-likeness (QED) is 0.169. The molecule has 1 amide bonds. The molecule has 12 heteroatoms. The molecule has 2 fully saturated rings. The molecular formula is C23H33NO9SSi. The molecule has 3 rings (SSSR count). The van der Waals surface area contributed by atoms with Gasteiger partial charge >= 0.3 is 18.0 Å². The summed E-state index contributed by atoms with van der Waals surface area (Å²) in [6.07, 6.45) is -3.53. The van der Waals surface area contributed by atoms with Crippen LogP contribution in [0.25, 0.3) is 0 Å². The molecular weight excluding hydrogens is 494 g/mol. The molecule has 0 radical (unpaired) electrons. The summed E-state index contributed by atoms with van der Waals surface area (Å²) < 4.78 is 48.9. The fourth-order valence-corrected chi connectivity index (χ4v) is 11.6. The predicted molar refractivity (Wildman–Crippen MR) is 128 cm³/mol. The van der Waals surface area contributed by atoms with Crippen LogP contribution in [-0.4, -0.2) is 66.2 Å². The van der Waals surface area contributed by atoms with Crippen LogP contribution >= 0.6 is 0 Å². The Morgan fingerprint density at radius 1 is 1.03 bits per heavy atom. The van der Waals surface area contributed by atoms with Gasteiger partial charge in [0.25, 0.3) is 10.0 Å². The van der Waals surface area contributed by atoms with Crippen molar-refractivity contribution in [3.8, 4) is 0 Å². The first-order valence-corrected chi connectivity index (χ1v) is 15.7. The van der Waals surface area contributed by atoms with Gasteiger partial charge in [-0.25, -0.2) is 17.9 Å². The van der Waals surface area contributed by atoms with Crippen molar-refractivity contribution in [1.82, 2.24) is 4.72 Å². The molecule has 0 spiro atoms.